The molecule has 16 heteroatoms. The Hall–Kier alpha value is -3.49. The number of benzene rings is 2. The Morgan fingerprint density at radius 1 is 1.10 bits per heavy atom. The molecule has 1 fully saturated rings. The van der Waals surface area contributed by atoms with Crippen molar-refractivity contribution in [3.63, 3.8) is 0 Å². The van der Waals surface area contributed by atoms with Crippen molar-refractivity contribution < 1.29 is 53.9 Å². The molecule has 1 heterocycles. The number of carbonyl (C=O) groups is 2. The summed E-state index contributed by atoms with van der Waals surface area (Å²) in [5.41, 5.74) is -6.57. The zero-order chi connectivity index (χ0) is 30.5. The van der Waals surface area contributed by atoms with Crippen molar-refractivity contribution >= 4 is 29.1 Å². The molecule has 222 valence electrons. The van der Waals surface area contributed by atoms with E-state index in [1.54, 1.807) is 0 Å². The van der Waals surface area contributed by atoms with Crippen LogP contribution in [0.1, 0.15) is 51.9 Å². The van der Waals surface area contributed by atoms with E-state index >= 15 is 0 Å². The smallest absolute Gasteiger partial charge is 0.374 e. The van der Waals surface area contributed by atoms with Crippen molar-refractivity contribution in [3.05, 3.63) is 69.0 Å². The minimum Gasteiger partial charge on any atom is -0.374 e. The van der Waals surface area contributed by atoms with Crippen molar-refractivity contribution in [2.24, 2.45) is 5.16 Å². The highest BCUT2D eigenvalue weighted by molar-refractivity contribution is 6.30. The largest absolute Gasteiger partial charge is 0.435 e. The van der Waals surface area contributed by atoms with E-state index < -0.39 is 89.5 Å². The first-order chi connectivity index (χ1) is 18.8. The SMILES string of the molecule is Cc1cc(C2=NOC(c3cc(Cl)c(F)c(C(F)(F)F)c3)(C(F)(F)F)C2)ccc1C(=O)NCC(=O)NC1CC(F)(F)C1. The fourth-order valence-electron chi connectivity index (χ4n) is 4.48. The second-order valence-electron chi connectivity index (χ2n) is 9.69. The molecule has 2 N–H and O–H groups in total. The lowest BCUT2D eigenvalue weighted by molar-refractivity contribution is -0.276. The Kier molecular flexibility index (Phi) is 7.73. The summed E-state index contributed by atoms with van der Waals surface area (Å²) in [6, 6.07) is 3.36. The van der Waals surface area contributed by atoms with E-state index in [1.165, 1.54) is 25.1 Å². The van der Waals surface area contributed by atoms with Gasteiger partial charge in [-0.3, -0.25) is 9.59 Å². The highest BCUT2D eigenvalue weighted by Gasteiger charge is 2.63. The lowest BCUT2D eigenvalue weighted by Gasteiger charge is -2.35. The van der Waals surface area contributed by atoms with E-state index in [-0.39, 0.29) is 28.5 Å². The first-order valence-electron chi connectivity index (χ1n) is 11.8. The lowest BCUT2D eigenvalue weighted by Crippen LogP contribution is -2.52. The first-order valence-corrected chi connectivity index (χ1v) is 12.2. The van der Waals surface area contributed by atoms with Crippen molar-refractivity contribution in [2.45, 2.75) is 56.1 Å². The highest BCUT2D eigenvalue weighted by atomic mass is 35.5. The summed E-state index contributed by atoms with van der Waals surface area (Å²) in [6.07, 6.45) is -12.8. The van der Waals surface area contributed by atoms with Gasteiger partial charge in [-0.15, -0.1) is 0 Å². The second-order valence-corrected chi connectivity index (χ2v) is 10.1. The van der Waals surface area contributed by atoms with Gasteiger partial charge in [0.25, 0.3) is 17.4 Å². The predicted molar refractivity (Wildman–Crippen MR) is 126 cm³/mol. The van der Waals surface area contributed by atoms with Gasteiger partial charge in [-0.05, 0) is 42.3 Å². The molecule has 4 rings (SSSR count). The third-order valence-electron chi connectivity index (χ3n) is 6.65. The molecule has 2 amide bonds. The van der Waals surface area contributed by atoms with E-state index in [1.807, 2.05) is 0 Å². The molecule has 1 aliphatic heterocycles. The van der Waals surface area contributed by atoms with Gasteiger partial charge in [-0.1, -0.05) is 22.8 Å². The van der Waals surface area contributed by atoms with Gasteiger partial charge in [0, 0.05) is 36.4 Å². The molecule has 0 bridgehead atoms. The minimum absolute atomic E-state index is 0.0264. The zero-order valence-corrected chi connectivity index (χ0v) is 21.5. The van der Waals surface area contributed by atoms with Gasteiger partial charge in [0.15, 0.2) is 5.82 Å². The molecule has 1 saturated carbocycles. The summed E-state index contributed by atoms with van der Waals surface area (Å²) in [6.45, 7) is 0.911. The summed E-state index contributed by atoms with van der Waals surface area (Å²) in [5, 5.41) is 6.90. The maximum atomic E-state index is 14.3. The van der Waals surface area contributed by atoms with Crippen molar-refractivity contribution in [3.8, 4) is 0 Å². The number of carbonyl (C=O) groups excluding carboxylic acids is 2. The van der Waals surface area contributed by atoms with Crippen LogP contribution in [0.4, 0.5) is 39.5 Å². The number of hydrogen-bond acceptors (Lipinski definition) is 4. The fraction of sp³-hybridized carbons (Fsp3) is 0.400. The van der Waals surface area contributed by atoms with Crippen molar-refractivity contribution in [1.29, 1.82) is 0 Å². The highest BCUT2D eigenvalue weighted by Crippen LogP contribution is 2.50. The average molecular weight is 616 g/mol. The first kappa shape index (κ1) is 30.5. The lowest BCUT2D eigenvalue weighted by atomic mass is 9.85. The molecule has 2 aliphatic rings. The fourth-order valence-corrected chi connectivity index (χ4v) is 4.70. The molecule has 1 unspecified atom stereocenters. The Morgan fingerprint density at radius 2 is 1.76 bits per heavy atom. The molecular weight excluding hydrogens is 597 g/mol. The van der Waals surface area contributed by atoms with E-state index in [0.29, 0.717) is 6.07 Å². The number of hydrogen-bond donors (Lipinski definition) is 2. The maximum absolute atomic E-state index is 14.3. The standard InChI is InChI=1S/C25H19ClF9N3O3/c1-11-4-12(2-3-15(11)21(40)36-10-19(39)37-14-7-22(28,29)8-14)18-9-23(41-38-18,25(33,34)35)13-5-16(24(30,31)32)20(27)17(26)6-13/h2-6,14H,7-10H2,1H3,(H,36,40)(H,37,39). The van der Waals surface area contributed by atoms with Gasteiger partial charge in [0.2, 0.25) is 5.91 Å². The molecule has 0 radical (unpaired) electrons. The van der Waals surface area contributed by atoms with Gasteiger partial charge in [0.1, 0.15) is 0 Å². The van der Waals surface area contributed by atoms with Crippen LogP contribution < -0.4 is 10.6 Å². The van der Waals surface area contributed by atoms with Crippen LogP contribution in [0.2, 0.25) is 5.02 Å². The van der Waals surface area contributed by atoms with Crippen LogP contribution in [0.25, 0.3) is 0 Å². The molecule has 0 saturated heterocycles. The Balaban J connectivity index is 1.50. The summed E-state index contributed by atoms with van der Waals surface area (Å²) in [5.74, 6) is -6.21. The molecule has 2 aromatic rings. The van der Waals surface area contributed by atoms with Gasteiger partial charge in [0.05, 0.1) is 22.8 Å². The molecule has 0 aromatic heterocycles. The van der Waals surface area contributed by atoms with Crippen LogP contribution in [0.5, 0.6) is 0 Å². The maximum Gasteiger partial charge on any atom is 0.435 e. The number of nitrogens with zero attached hydrogens (tertiary/aromatic N) is 1. The van der Waals surface area contributed by atoms with Gasteiger partial charge in [-0.25, -0.2) is 13.2 Å². The molecule has 1 aliphatic carbocycles. The normalized spacial score (nSPS) is 20.6. The Labute approximate surface area is 230 Å². The summed E-state index contributed by atoms with van der Waals surface area (Å²) < 4.78 is 122. The van der Waals surface area contributed by atoms with E-state index in [9.17, 15) is 49.1 Å². The summed E-state index contributed by atoms with van der Waals surface area (Å²) in [7, 11) is 0. The molecule has 2 aromatic carbocycles. The zero-order valence-electron chi connectivity index (χ0n) is 20.7. The third kappa shape index (κ3) is 6.09. The van der Waals surface area contributed by atoms with Crippen LogP contribution in [0.3, 0.4) is 0 Å². The number of aryl methyl sites for hydroxylation is 1. The molecule has 41 heavy (non-hydrogen) atoms. The average Bonchev–Trinajstić information content (AvgIpc) is 3.29. The topological polar surface area (TPSA) is 79.8 Å². The number of halogens is 10. The van der Waals surface area contributed by atoms with Gasteiger partial charge in [-0.2, -0.15) is 26.3 Å². The third-order valence-corrected chi connectivity index (χ3v) is 6.93. The van der Waals surface area contributed by atoms with E-state index in [0.717, 1.165) is 0 Å². The molecule has 6 nitrogen and oxygen atoms in total. The summed E-state index contributed by atoms with van der Waals surface area (Å²) in [4.78, 5) is 29.1. The minimum atomic E-state index is -5.35. The number of rotatable bonds is 6. The number of amides is 2. The van der Waals surface area contributed by atoms with Crippen molar-refractivity contribution in [1.82, 2.24) is 10.6 Å². The molecule has 1 atom stereocenters. The number of oxime groups is 1. The monoisotopic (exact) mass is 615 g/mol. The van der Waals surface area contributed by atoms with Crippen LogP contribution in [-0.2, 0) is 21.4 Å². The van der Waals surface area contributed by atoms with Crippen molar-refractivity contribution in [2.75, 3.05) is 6.54 Å². The van der Waals surface area contributed by atoms with Gasteiger partial charge >= 0.3 is 12.4 Å². The molecule has 0 spiro atoms. The van der Waals surface area contributed by atoms with Crippen LogP contribution >= 0.6 is 11.6 Å². The molecular formula is C25H19ClF9N3O3. The van der Waals surface area contributed by atoms with E-state index in [2.05, 4.69) is 15.8 Å². The Bertz CT molecular complexity index is 1420. The van der Waals surface area contributed by atoms with Gasteiger partial charge < -0.3 is 15.5 Å². The number of alkyl halides is 8. The van der Waals surface area contributed by atoms with E-state index in [4.69, 9.17) is 16.4 Å². The quantitative estimate of drug-likeness (QED) is 0.390. The summed E-state index contributed by atoms with van der Waals surface area (Å²) >= 11 is 5.50. The Morgan fingerprint density at radius 3 is 2.32 bits per heavy atom. The number of nitrogens with one attached hydrogen (secondary N) is 2. The van der Waals surface area contributed by atoms with Crippen LogP contribution in [-0.4, -0.2) is 42.2 Å². The second kappa shape index (κ2) is 10.4. The van der Waals surface area contributed by atoms with Crippen LogP contribution in [0.15, 0.2) is 35.5 Å². The van der Waals surface area contributed by atoms with Crippen LogP contribution in [0, 0.1) is 12.7 Å². The predicted octanol–water partition coefficient (Wildman–Crippen LogP) is 6.03.